The Balaban J connectivity index is 1.77. The van der Waals surface area contributed by atoms with Crippen molar-refractivity contribution in [3.05, 3.63) is 35.4 Å². The summed E-state index contributed by atoms with van der Waals surface area (Å²) in [5, 5.41) is 12.6. The van der Waals surface area contributed by atoms with Crippen LogP contribution in [-0.2, 0) is 14.2 Å². The fraction of sp³-hybridized carbons (Fsp3) is 0.632. The standard InChI is InChI=1S/C19H28N2O5/c1-19(2,3)26-18(23)20-15(12-22)16-13-6-4-5-7-14(13)17(25-16)21-8-10-24-11-9-21/h4-7,15-17,22H,8-12H2,1-3H3,(H,20,23)/t15-,16+,17+/m1/s1. The second kappa shape index (κ2) is 7.92. The third kappa shape index (κ3) is 4.35. The molecule has 1 aromatic carbocycles. The highest BCUT2D eigenvalue weighted by atomic mass is 16.6. The molecule has 1 aromatic rings. The minimum absolute atomic E-state index is 0.199. The third-order valence-corrected chi connectivity index (χ3v) is 4.49. The van der Waals surface area contributed by atoms with Gasteiger partial charge in [-0.15, -0.1) is 0 Å². The molecule has 2 heterocycles. The maximum Gasteiger partial charge on any atom is 0.408 e. The summed E-state index contributed by atoms with van der Waals surface area (Å²) in [4.78, 5) is 14.4. The average Bonchev–Trinajstić information content (AvgIpc) is 2.98. The van der Waals surface area contributed by atoms with Crippen LogP contribution < -0.4 is 5.32 Å². The van der Waals surface area contributed by atoms with Crippen LogP contribution in [-0.4, -0.2) is 60.7 Å². The van der Waals surface area contributed by atoms with E-state index < -0.39 is 23.8 Å². The molecule has 0 spiro atoms. The number of fused-ring (bicyclic) bond motifs is 1. The first-order valence-corrected chi connectivity index (χ1v) is 9.05. The van der Waals surface area contributed by atoms with Crippen molar-refractivity contribution in [1.29, 1.82) is 0 Å². The Morgan fingerprint density at radius 3 is 2.58 bits per heavy atom. The fourth-order valence-corrected chi connectivity index (χ4v) is 3.36. The van der Waals surface area contributed by atoms with Gasteiger partial charge in [-0.1, -0.05) is 24.3 Å². The molecule has 2 aliphatic rings. The normalized spacial score (nSPS) is 24.8. The van der Waals surface area contributed by atoms with Gasteiger partial charge in [0.05, 0.1) is 25.9 Å². The molecule has 7 heteroatoms. The van der Waals surface area contributed by atoms with E-state index in [9.17, 15) is 9.90 Å². The highest BCUT2D eigenvalue weighted by Gasteiger charge is 2.40. The summed E-state index contributed by atoms with van der Waals surface area (Å²) in [6, 6.07) is 7.36. The summed E-state index contributed by atoms with van der Waals surface area (Å²) in [7, 11) is 0. The van der Waals surface area contributed by atoms with E-state index >= 15 is 0 Å². The number of nitrogens with zero attached hydrogens (tertiary/aromatic N) is 1. The van der Waals surface area contributed by atoms with Crippen molar-refractivity contribution < 1.29 is 24.1 Å². The molecule has 0 unspecified atom stereocenters. The second-order valence-electron chi connectivity index (χ2n) is 7.62. The molecule has 3 rings (SSSR count). The predicted molar refractivity (Wildman–Crippen MR) is 95.6 cm³/mol. The first kappa shape index (κ1) is 19.1. The molecule has 144 valence electrons. The van der Waals surface area contributed by atoms with Gasteiger partial charge in [0.25, 0.3) is 0 Å². The quantitative estimate of drug-likeness (QED) is 0.850. The number of morpholine rings is 1. The van der Waals surface area contributed by atoms with Gasteiger partial charge in [0.1, 0.15) is 17.9 Å². The molecule has 2 N–H and O–H groups in total. The molecule has 0 saturated carbocycles. The Kier molecular flexibility index (Phi) is 5.82. The molecule has 26 heavy (non-hydrogen) atoms. The number of nitrogens with one attached hydrogen (secondary N) is 1. The van der Waals surface area contributed by atoms with Crippen molar-refractivity contribution in [2.45, 2.75) is 44.7 Å². The van der Waals surface area contributed by atoms with E-state index in [4.69, 9.17) is 14.2 Å². The summed E-state index contributed by atoms with van der Waals surface area (Å²) in [6.07, 6.45) is -1.20. The minimum atomic E-state index is -0.602. The molecular weight excluding hydrogens is 336 g/mol. The number of rotatable bonds is 4. The van der Waals surface area contributed by atoms with Crippen LogP contribution in [0.1, 0.15) is 44.2 Å². The lowest BCUT2D eigenvalue weighted by Gasteiger charge is -2.33. The molecular formula is C19H28N2O5. The van der Waals surface area contributed by atoms with Crippen LogP contribution in [0, 0.1) is 0 Å². The molecule has 1 saturated heterocycles. The molecule has 2 aliphatic heterocycles. The van der Waals surface area contributed by atoms with E-state index in [1.165, 1.54) is 0 Å². The number of alkyl carbamates (subject to hydrolysis) is 1. The first-order valence-electron chi connectivity index (χ1n) is 9.05. The monoisotopic (exact) mass is 364 g/mol. The summed E-state index contributed by atoms with van der Waals surface area (Å²) >= 11 is 0. The van der Waals surface area contributed by atoms with Gasteiger partial charge >= 0.3 is 6.09 Å². The Labute approximate surface area is 154 Å². The van der Waals surface area contributed by atoms with Crippen LogP contribution in [0.5, 0.6) is 0 Å². The number of benzene rings is 1. The zero-order valence-electron chi connectivity index (χ0n) is 15.6. The number of aliphatic hydroxyl groups excluding tert-OH is 1. The molecule has 0 radical (unpaired) electrons. The van der Waals surface area contributed by atoms with Gasteiger partial charge in [-0.2, -0.15) is 0 Å². The molecule has 1 fully saturated rings. The van der Waals surface area contributed by atoms with Crippen molar-refractivity contribution >= 4 is 6.09 Å². The lowest BCUT2D eigenvalue weighted by molar-refractivity contribution is -0.123. The van der Waals surface area contributed by atoms with Gasteiger partial charge in [-0.25, -0.2) is 4.79 Å². The van der Waals surface area contributed by atoms with Gasteiger partial charge in [0.2, 0.25) is 0 Å². The zero-order chi connectivity index (χ0) is 18.7. The van der Waals surface area contributed by atoms with Gasteiger partial charge in [0.15, 0.2) is 0 Å². The summed E-state index contributed by atoms with van der Waals surface area (Å²) < 4.78 is 17.0. The molecule has 0 aromatic heterocycles. The van der Waals surface area contributed by atoms with E-state index in [2.05, 4.69) is 10.2 Å². The van der Waals surface area contributed by atoms with Crippen molar-refractivity contribution in [1.82, 2.24) is 10.2 Å². The Morgan fingerprint density at radius 1 is 1.31 bits per heavy atom. The zero-order valence-corrected chi connectivity index (χ0v) is 15.6. The van der Waals surface area contributed by atoms with Crippen molar-refractivity contribution in [2.75, 3.05) is 32.9 Å². The Hall–Kier alpha value is -1.67. The average molecular weight is 364 g/mol. The Morgan fingerprint density at radius 2 is 1.96 bits per heavy atom. The first-order chi connectivity index (χ1) is 12.4. The Bertz CT molecular complexity index is 625. The molecule has 3 atom stereocenters. The van der Waals surface area contributed by atoms with Crippen molar-refractivity contribution in [3.63, 3.8) is 0 Å². The van der Waals surface area contributed by atoms with Crippen LogP contribution in [0.4, 0.5) is 4.79 Å². The van der Waals surface area contributed by atoms with E-state index in [-0.39, 0.29) is 12.8 Å². The number of aliphatic hydroxyl groups is 1. The van der Waals surface area contributed by atoms with Gasteiger partial charge in [-0.05, 0) is 26.3 Å². The molecule has 0 aliphatic carbocycles. The van der Waals surface area contributed by atoms with E-state index in [1.54, 1.807) is 20.8 Å². The van der Waals surface area contributed by atoms with Crippen LogP contribution >= 0.6 is 0 Å². The molecule has 1 amide bonds. The van der Waals surface area contributed by atoms with Gasteiger partial charge in [0, 0.05) is 18.7 Å². The maximum atomic E-state index is 12.2. The van der Waals surface area contributed by atoms with E-state index in [0.717, 1.165) is 24.2 Å². The number of carbonyl (C=O) groups is 1. The molecule has 0 bridgehead atoms. The van der Waals surface area contributed by atoms with Crippen LogP contribution in [0.25, 0.3) is 0 Å². The maximum absolute atomic E-state index is 12.2. The largest absolute Gasteiger partial charge is 0.444 e. The van der Waals surface area contributed by atoms with E-state index in [1.807, 2.05) is 24.3 Å². The summed E-state index contributed by atoms with van der Waals surface area (Å²) in [6.45, 7) is 8.08. The fourth-order valence-electron chi connectivity index (χ4n) is 3.36. The van der Waals surface area contributed by atoms with E-state index in [0.29, 0.717) is 13.2 Å². The predicted octanol–water partition coefficient (Wildman–Crippen LogP) is 1.97. The van der Waals surface area contributed by atoms with Crippen molar-refractivity contribution in [3.8, 4) is 0 Å². The number of hydrogen-bond donors (Lipinski definition) is 2. The van der Waals surface area contributed by atoms with Crippen LogP contribution in [0.2, 0.25) is 0 Å². The topological polar surface area (TPSA) is 80.3 Å². The second-order valence-corrected chi connectivity index (χ2v) is 7.62. The third-order valence-electron chi connectivity index (χ3n) is 4.49. The lowest BCUT2D eigenvalue weighted by atomic mass is 9.99. The number of ether oxygens (including phenoxy) is 3. The summed E-state index contributed by atoms with van der Waals surface area (Å²) in [5.41, 5.74) is 1.46. The summed E-state index contributed by atoms with van der Waals surface area (Å²) in [5.74, 6) is 0. The minimum Gasteiger partial charge on any atom is -0.444 e. The number of hydrogen-bond acceptors (Lipinski definition) is 6. The SMILES string of the molecule is CC(C)(C)OC(=O)N[C@H](CO)[C@H]1O[C@H](N2CCOCC2)c2ccccc21. The van der Waals surface area contributed by atoms with Gasteiger partial charge in [-0.3, -0.25) is 4.90 Å². The number of amides is 1. The van der Waals surface area contributed by atoms with Crippen molar-refractivity contribution in [2.24, 2.45) is 0 Å². The van der Waals surface area contributed by atoms with Crippen LogP contribution in [0.3, 0.4) is 0 Å². The van der Waals surface area contributed by atoms with Gasteiger partial charge < -0.3 is 24.6 Å². The number of carbonyl (C=O) groups excluding carboxylic acids is 1. The smallest absolute Gasteiger partial charge is 0.408 e. The molecule has 7 nitrogen and oxygen atoms in total. The highest BCUT2D eigenvalue weighted by Crippen LogP contribution is 2.42. The highest BCUT2D eigenvalue weighted by molar-refractivity contribution is 5.68. The lowest BCUT2D eigenvalue weighted by Crippen LogP contribution is -2.45. The van der Waals surface area contributed by atoms with Crippen LogP contribution in [0.15, 0.2) is 24.3 Å².